The number of carbonyl (C=O) groups is 1. The van der Waals surface area contributed by atoms with Gasteiger partial charge in [0.25, 0.3) is 0 Å². The van der Waals surface area contributed by atoms with E-state index in [1.54, 1.807) is 0 Å². The number of hydrogen-bond acceptors (Lipinski definition) is 3. The summed E-state index contributed by atoms with van der Waals surface area (Å²) in [6, 6.07) is 0.854. The molecule has 0 radical (unpaired) electrons. The number of hydrogen-bond donors (Lipinski definition) is 1. The summed E-state index contributed by atoms with van der Waals surface area (Å²) in [7, 11) is 0. The largest absolute Gasteiger partial charge is 0.480 e. The van der Waals surface area contributed by atoms with Crippen LogP contribution in [0.4, 0.5) is 0 Å². The van der Waals surface area contributed by atoms with E-state index in [2.05, 4.69) is 23.6 Å². The van der Waals surface area contributed by atoms with Gasteiger partial charge in [0.2, 0.25) is 0 Å². The fraction of sp³-hybridized carbons (Fsp3) is 0.909. The number of carboxylic acid groups (broad SMARTS) is 1. The van der Waals surface area contributed by atoms with E-state index in [1.807, 2.05) is 0 Å². The van der Waals surface area contributed by atoms with Crippen molar-refractivity contribution in [3.8, 4) is 0 Å². The summed E-state index contributed by atoms with van der Waals surface area (Å²) in [6.45, 7) is 7.43. The average molecular weight is 212 g/mol. The Morgan fingerprint density at radius 2 is 2.07 bits per heavy atom. The Labute approximate surface area is 90.9 Å². The zero-order chi connectivity index (χ0) is 11.0. The third kappa shape index (κ3) is 2.01. The van der Waals surface area contributed by atoms with Crippen LogP contribution in [-0.2, 0) is 4.79 Å². The van der Waals surface area contributed by atoms with E-state index in [0.29, 0.717) is 12.1 Å². The highest BCUT2D eigenvalue weighted by Crippen LogP contribution is 2.26. The van der Waals surface area contributed by atoms with Gasteiger partial charge in [-0.05, 0) is 33.2 Å². The lowest BCUT2D eigenvalue weighted by molar-refractivity contribution is -0.144. The van der Waals surface area contributed by atoms with Crippen LogP contribution in [0.5, 0.6) is 0 Å². The summed E-state index contributed by atoms with van der Waals surface area (Å²) in [5, 5.41) is 9.07. The van der Waals surface area contributed by atoms with E-state index in [4.69, 9.17) is 5.11 Å². The minimum atomic E-state index is -0.643. The monoisotopic (exact) mass is 212 g/mol. The molecule has 0 saturated carbocycles. The summed E-state index contributed by atoms with van der Waals surface area (Å²) in [5.74, 6) is -0.643. The first-order chi connectivity index (χ1) is 7.09. The van der Waals surface area contributed by atoms with Crippen LogP contribution < -0.4 is 0 Å². The molecular formula is C11H20N2O2. The van der Waals surface area contributed by atoms with Gasteiger partial charge in [0.15, 0.2) is 0 Å². The Balaban J connectivity index is 1.88. The van der Waals surface area contributed by atoms with Gasteiger partial charge >= 0.3 is 5.97 Å². The van der Waals surface area contributed by atoms with Crippen LogP contribution in [-0.4, -0.2) is 58.6 Å². The van der Waals surface area contributed by atoms with E-state index in [-0.39, 0.29) is 6.04 Å². The Hall–Kier alpha value is -0.610. The molecule has 0 aliphatic carbocycles. The fourth-order valence-corrected chi connectivity index (χ4v) is 2.61. The molecule has 2 fully saturated rings. The standard InChI is InChI=1S/C11H20N2O2/c1-8(2)12-6-9(7-12)13-5-3-4-10(13)11(14)15/h8-10H,3-7H2,1-2H3,(H,14,15). The molecule has 2 aliphatic heterocycles. The van der Waals surface area contributed by atoms with Gasteiger partial charge in [-0.3, -0.25) is 14.6 Å². The summed E-state index contributed by atoms with van der Waals surface area (Å²) >= 11 is 0. The fourth-order valence-electron chi connectivity index (χ4n) is 2.61. The Morgan fingerprint density at radius 1 is 1.40 bits per heavy atom. The van der Waals surface area contributed by atoms with Gasteiger partial charge < -0.3 is 5.11 Å². The second-order valence-corrected chi connectivity index (χ2v) is 4.94. The Morgan fingerprint density at radius 3 is 2.60 bits per heavy atom. The van der Waals surface area contributed by atoms with Crippen LogP contribution in [0.15, 0.2) is 0 Å². The zero-order valence-electron chi connectivity index (χ0n) is 9.52. The molecule has 2 rings (SSSR count). The molecule has 4 nitrogen and oxygen atoms in total. The van der Waals surface area contributed by atoms with Gasteiger partial charge in [-0.15, -0.1) is 0 Å². The third-order valence-corrected chi connectivity index (χ3v) is 3.67. The van der Waals surface area contributed by atoms with E-state index in [9.17, 15) is 4.79 Å². The summed E-state index contributed by atoms with van der Waals surface area (Å²) in [6.07, 6.45) is 1.86. The molecule has 2 saturated heterocycles. The molecule has 1 unspecified atom stereocenters. The molecule has 86 valence electrons. The van der Waals surface area contributed by atoms with Crippen molar-refractivity contribution >= 4 is 5.97 Å². The quantitative estimate of drug-likeness (QED) is 0.745. The van der Waals surface area contributed by atoms with Crippen LogP contribution in [0.3, 0.4) is 0 Å². The predicted molar refractivity (Wildman–Crippen MR) is 57.9 cm³/mol. The lowest BCUT2D eigenvalue weighted by atomic mass is 10.0. The maximum Gasteiger partial charge on any atom is 0.320 e. The Kier molecular flexibility index (Phi) is 2.98. The minimum Gasteiger partial charge on any atom is -0.480 e. The molecule has 0 aromatic heterocycles. The summed E-state index contributed by atoms with van der Waals surface area (Å²) in [4.78, 5) is 15.6. The van der Waals surface area contributed by atoms with Gasteiger partial charge in [0, 0.05) is 25.2 Å². The average Bonchev–Trinajstić information content (AvgIpc) is 2.48. The van der Waals surface area contributed by atoms with Crippen LogP contribution >= 0.6 is 0 Å². The minimum absolute atomic E-state index is 0.218. The van der Waals surface area contributed by atoms with Crippen molar-refractivity contribution < 1.29 is 9.90 Å². The predicted octanol–water partition coefficient (Wildman–Crippen LogP) is 0.628. The number of aliphatic carboxylic acids is 1. The molecule has 0 bridgehead atoms. The van der Waals surface area contributed by atoms with E-state index >= 15 is 0 Å². The topological polar surface area (TPSA) is 43.8 Å². The molecular weight excluding hydrogens is 192 g/mol. The number of rotatable bonds is 3. The highest BCUT2D eigenvalue weighted by atomic mass is 16.4. The molecule has 1 atom stereocenters. The first-order valence-electron chi connectivity index (χ1n) is 5.82. The highest BCUT2D eigenvalue weighted by Gasteiger charge is 2.41. The van der Waals surface area contributed by atoms with Crippen LogP contribution in [0.25, 0.3) is 0 Å². The van der Waals surface area contributed by atoms with E-state index < -0.39 is 5.97 Å². The number of likely N-dealkylation sites (tertiary alicyclic amines) is 2. The SMILES string of the molecule is CC(C)N1CC(N2CCCC2C(=O)O)C1. The third-order valence-electron chi connectivity index (χ3n) is 3.67. The first kappa shape index (κ1) is 10.9. The lowest BCUT2D eigenvalue weighted by Crippen LogP contribution is -2.62. The molecule has 0 amide bonds. The lowest BCUT2D eigenvalue weighted by Gasteiger charge is -2.47. The van der Waals surface area contributed by atoms with Crippen molar-refractivity contribution in [3.05, 3.63) is 0 Å². The van der Waals surface area contributed by atoms with Crippen molar-refractivity contribution in [3.63, 3.8) is 0 Å². The zero-order valence-corrected chi connectivity index (χ0v) is 9.52. The maximum absolute atomic E-state index is 11.0. The van der Waals surface area contributed by atoms with E-state index in [1.165, 1.54) is 0 Å². The van der Waals surface area contributed by atoms with Crippen molar-refractivity contribution in [1.82, 2.24) is 9.80 Å². The second-order valence-electron chi connectivity index (χ2n) is 4.94. The molecule has 4 heteroatoms. The highest BCUT2D eigenvalue weighted by molar-refractivity contribution is 5.73. The number of carboxylic acids is 1. The smallest absolute Gasteiger partial charge is 0.320 e. The molecule has 2 aliphatic rings. The van der Waals surface area contributed by atoms with Gasteiger partial charge in [0.1, 0.15) is 6.04 Å². The van der Waals surface area contributed by atoms with Gasteiger partial charge in [0.05, 0.1) is 0 Å². The van der Waals surface area contributed by atoms with E-state index in [0.717, 1.165) is 32.5 Å². The van der Waals surface area contributed by atoms with Crippen molar-refractivity contribution in [2.75, 3.05) is 19.6 Å². The summed E-state index contributed by atoms with van der Waals surface area (Å²) < 4.78 is 0. The molecule has 15 heavy (non-hydrogen) atoms. The van der Waals surface area contributed by atoms with Crippen molar-refractivity contribution in [1.29, 1.82) is 0 Å². The normalized spacial score (nSPS) is 29.7. The van der Waals surface area contributed by atoms with Crippen LogP contribution in [0.2, 0.25) is 0 Å². The molecule has 0 spiro atoms. The van der Waals surface area contributed by atoms with Gasteiger partial charge in [-0.2, -0.15) is 0 Å². The number of nitrogens with zero attached hydrogens (tertiary/aromatic N) is 2. The van der Waals surface area contributed by atoms with Crippen LogP contribution in [0, 0.1) is 0 Å². The maximum atomic E-state index is 11.0. The van der Waals surface area contributed by atoms with Gasteiger partial charge in [-0.1, -0.05) is 0 Å². The second kappa shape index (κ2) is 4.10. The van der Waals surface area contributed by atoms with Crippen LogP contribution in [0.1, 0.15) is 26.7 Å². The van der Waals surface area contributed by atoms with Crippen molar-refractivity contribution in [2.24, 2.45) is 0 Å². The first-order valence-corrected chi connectivity index (χ1v) is 5.82. The molecule has 0 aromatic carbocycles. The Bertz CT molecular complexity index is 249. The molecule has 1 N–H and O–H groups in total. The summed E-state index contributed by atoms with van der Waals surface area (Å²) in [5.41, 5.74) is 0. The molecule has 0 aromatic rings. The van der Waals surface area contributed by atoms with Crippen molar-refractivity contribution in [2.45, 2.75) is 44.8 Å². The van der Waals surface area contributed by atoms with Gasteiger partial charge in [-0.25, -0.2) is 0 Å². The molecule has 2 heterocycles.